The molecule has 2 aromatic heterocycles. The minimum atomic E-state index is 0.492. The van der Waals surface area contributed by atoms with Gasteiger partial charge in [0, 0.05) is 26.2 Å². The smallest absolute Gasteiger partial charge is 0.168 e. The molecular weight excluding hydrogens is 347 g/mol. The zero-order valence-electron chi connectivity index (χ0n) is 13.2. The van der Waals surface area contributed by atoms with E-state index in [1.54, 1.807) is 23.1 Å². The van der Waals surface area contributed by atoms with Gasteiger partial charge in [0.15, 0.2) is 5.65 Å². The molecule has 6 nitrogen and oxygen atoms in total. The standard InChI is InChI=1S/C16H16Cl2N6/c1-22-4-6-23(7-5-22)15-12-9-21-24(16(12)20-10-19-15)11-2-3-13(17)14(18)8-11/h2-3,8-10H,4-7H2,1H3. The highest BCUT2D eigenvalue weighted by Gasteiger charge is 2.20. The maximum atomic E-state index is 6.13. The lowest BCUT2D eigenvalue weighted by Crippen LogP contribution is -2.44. The predicted molar refractivity (Wildman–Crippen MR) is 96.4 cm³/mol. The summed E-state index contributed by atoms with van der Waals surface area (Å²) < 4.78 is 1.76. The van der Waals surface area contributed by atoms with Gasteiger partial charge in [-0.2, -0.15) is 5.10 Å². The van der Waals surface area contributed by atoms with Crippen LogP contribution in [0.15, 0.2) is 30.7 Å². The predicted octanol–water partition coefficient (Wildman–Crippen LogP) is 2.87. The van der Waals surface area contributed by atoms with Crippen LogP contribution in [0.25, 0.3) is 16.7 Å². The largest absolute Gasteiger partial charge is 0.353 e. The SMILES string of the molecule is CN1CCN(c2ncnc3c2cnn3-c2ccc(Cl)c(Cl)c2)CC1. The fraction of sp³-hybridized carbons (Fsp3) is 0.312. The van der Waals surface area contributed by atoms with E-state index in [9.17, 15) is 0 Å². The van der Waals surface area contributed by atoms with Gasteiger partial charge in [0.05, 0.1) is 27.3 Å². The molecule has 3 heterocycles. The molecule has 24 heavy (non-hydrogen) atoms. The summed E-state index contributed by atoms with van der Waals surface area (Å²) in [5.74, 6) is 0.930. The van der Waals surface area contributed by atoms with Crippen LogP contribution in [0.3, 0.4) is 0 Å². The third-order valence-corrected chi connectivity index (χ3v) is 5.03. The highest BCUT2D eigenvalue weighted by Crippen LogP contribution is 2.28. The highest BCUT2D eigenvalue weighted by molar-refractivity contribution is 6.42. The number of anilines is 1. The van der Waals surface area contributed by atoms with Gasteiger partial charge in [-0.1, -0.05) is 23.2 Å². The maximum absolute atomic E-state index is 6.13. The minimum Gasteiger partial charge on any atom is -0.353 e. The number of halogens is 2. The number of hydrogen-bond donors (Lipinski definition) is 0. The second-order valence-corrected chi connectivity index (χ2v) is 6.69. The number of piperazine rings is 1. The molecule has 0 aliphatic carbocycles. The molecule has 8 heteroatoms. The van der Waals surface area contributed by atoms with Crippen LogP contribution in [0.2, 0.25) is 10.0 Å². The Kier molecular flexibility index (Phi) is 4.04. The summed E-state index contributed by atoms with van der Waals surface area (Å²) in [6.45, 7) is 3.93. The van der Waals surface area contributed by atoms with Crippen molar-refractivity contribution >= 4 is 40.1 Å². The van der Waals surface area contributed by atoms with Crippen LogP contribution in [-0.4, -0.2) is 57.9 Å². The number of nitrogens with zero attached hydrogens (tertiary/aromatic N) is 6. The summed E-state index contributed by atoms with van der Waals surface area (Å²) in [5.41, 5.74) is 1.58. The summed E-state index contributed by atoms with van der Waals surface area (Å²) in [6, 6.07) is 5.42. The van der Waals surface area contributed by atoms with Gasteiger partial charge in [-0.3, -0.25) is 0 Å². The molecule has 1 aliphatic rings. The van der Waals surface area contributed by atoms with E-state index in [0.717, 1.165) is 48.7 Å². The molecular formula is C16H16Cl2N6. The summed E-state index contributed by atoms with van der Waals surface area (Å²) >= 11 is 12.1. The minimum absolute atomic E-state index is 0.492. The van der Waals surface area contributed by atoms with E-state index in [1.807, 2.05) is 12.3 Å². The van der Waals surface area contributed by atoms with Crippen molar-refractivity contribution in [1.29, 1.82) is 0 Å². The monoisotopic (exact) mass is 362 g/mol. The van der Waals surface area contributed by atoms with E-state index in [-0.39, 0.29) is 0 Å². The lowest BCUT2D eigenvalue weighted by atomic mass is 10.3. The molecule has 0 amide bonds. The molecule has 1 aliphatic heterocycles. The Balaban J connectivity index is 1.77. The van der Waals surface area contributed by atoms with Crippen molar-refractivity contribution in [3.63, 3.8) is 0 Å². The Morgan fingerprint density at radius 2 is 1.79 bits per heavy atom. The average Bonchev–Trinajstić information content (AvgIpc) is 3.02. The Bertz CT molecular complexity index is 885. The second-order valence-electron chi connectivity index (χ2n) is 5.88. The van der Waals surface area contributed by atoms with Crippen molar-refractivity contribution in [1.82, 2.24) is 24.6 Å². The molecule has 1 fully saturated rings. The first-order valence-corrected chi connectivity index (χ1v) is 8.47. The van der Waals surface area contributed by atoms with Crippen LogP contribution < -0.4 is 4.90 Å². The zero-order chi connectivity index (χ0) is 16.7. The van der Waals surface area contributed by atoms with Crippen molar-refractivity contribution in [3.05, 3.63) is 40.8 Å². The Morgan fingerprint density at radius 1 is 1.00 bits per heavy atom. The topological polar surface area (TPSA) is 50.1 Å². The molecule has 0 unspecified atom stereocenters. The molecule has 0 radical (unpaired) electrons. The molecule has 0 spiro atoms. The number of likely N-dealkylation sites (N-methyl/N-ethyl adjacent to an activating group) is 1. The van der Waals surface area contributed by atoms with Gasteiger partial charge >= 0.3 is 0 Å². The third kappa shape index (κ3) is 2.70. The first-order chi connectivity index (χ1) is 11.6. The van der Waals surface area contributed by atoms with Crippen molar-refractivity contribution in [3.8, 4) is 5.69 Å². The number of hydrogen-bond acceptors (Lipinski definition) is 5. The van der Waals surface area contributed by atoms with Gasteiger partial charge in [0.25, 0.3) is 0 Å². The van der Waals surface area contributed by atoms with Crippen LogP contribution in [0.4, 0.5) is 5.82 Å². The Labute approximate surface area is 149 Å². The number of aromatic nitrogens is 4. The Morgan fingerprint density at radius 3 is 2.54 bits per heavy atom. The summed E-state index contributed by atoms with van der Waals surface area (Å²) in [4.78, 5) is 13.5. The fourth-order valence-electron chi connectivity index (χ4n) is 2.91. The van der Waals surface area contributed by atoms with E-state index in [1.165, 1.54) is 0 Å². The summed E-state index contributed by atoms with van der Waals surface area (Å²) in [7, 11) is 2.13. The van der Waals surface area contributed by atoms with E-state index >= 15 is 0 Å². The van der Waals surface area contributed by atoms with Crippen molar-refractivity contribution < 1.29 is 0 Å². The van der Waals surface area contributed by atoms with Gasteiger partial charge in [-0.05, 0) is 25.2 Å². The van der Waals surface area contributed by atoms with Crippen molar-refractivity contribution in [2.75, 3.05) is 38.1 Å². The lowest BCUT2D eigenvalue weighted by molar-refractivity contribution is 0.312. The van der Waals surface area contributed by atoms with Crippen LogP contribution in [0.5, 0.6) is 0 Å². The van der Waals surface area contributed by atoms with Gasteiger partial charge in [0.1, 0.15) is 12.1 Å². The first kappa shape index (κ1) is 15.6. The van der Waals surface area contributed by atoms with E-state index in [0.29, 0.717) is 10.0 Å². The van der Waals surface area contributed by atoms with Crippen LogP contribution in [-0.2, 0) is 0 Å². The molecule has 124 valence electrons. The number of benzene rings is 1. The molecule has 0 N–H and O–H groups in total. The summed E-state index contributed by atoms with van der Waals surface area (Å²) in [6.07, 6.45) is 3.40. The fourth-order valence-corrected chi connectivity index (χ4v) is 3.20. The van der Waals surface area contributed by atoms with Gasteiger partial charge in [0.2, 0.25) is 0 Å². The van der Waals surface area contributed by atoms with Crippen LogP contribution in [0, 0.1) is 0 Å². The maximum Gasteiger partial charge on any atom is 0.168 e. The van der Waals surface area contributed by atoms with Crippen LogP contribution >= 0.6 is 23.2 Å². The van der Waals surface area contributed by atoms with Crippen molar-refractivity contribution in [2.24, 2.45) is 0 Å². The van der Waals surface area contributed by atoms with Gasteiger partial charge in [-0.15, -0.1) is 0 Å². The molecule has 0 atom stereocenters. The molecule has 0 saturated carbocycles. The second kappa shape index (κ2) is 6.20. The quantitative estimate of drug-likeness (QED) is 0.701. The lowest BCUT2D eigenvalue weighted by Gasteiger charge is -2.33. The van der Waals surface area contributed by atoms with Gasteiger partial charge < -0.3 is 9.80 Å². The van der Waals surface area contributed by atoms with E-state index in [2.05, 4.69) is 31.9 Å². The van der Waals surface area contributed by atoms with Crippen molar-refractivity contribution in [2.45, 2.75) is 0 Å². The normalized spacial score (nSPS) is 16.0. The number of fused-ring (bicyclic) bond motifs is 1. The molecule has 4 rings (SSSR count). The molecule has 3 aromatic rings. The van der Waals surface area contributed by atoms with E-state index in [4.69, 9.17) is 23.2 Å². The highest BCUT2D eigenvalue weighted by atomic mass is 35.5. The first-order valence-electron chi connectivity index (χ1n) is 7.71. The molecule has 1 saturated heterocycles. The van der Waals surface area contributed by atoms with E-state index < -0.39 is 0 Å². The average molecular weight is 363 g/mol. The third-order valence-electron chi connectivity index (χ3n) is 4.30. The Hall–Kier alpha value is -1.89. The van der Waals surface area contributed by atoms with Gasteiger partial charge in [-0.25, -0.2) is 14.6 Å². The molecule has 0 bridgehead atoms. The number of rotatable bonds is 2. The zero-order valence-corrected chi connectivity index (χ0v) is 14.7. The van der Waals surface area contributed by atoms with Crippen LogP contribution in [0.1, 0.15) is 0 Å². The summed E-state index contributed by atoms with van der Waals surface area (Å²) in [5, 5.41) is 6.43. The molecule has 1 aromatic carbocycles.